The number of carbonyl (C=O) groups excluding carboxylic acids is 1. The van der Waals surface area contributed by atoms with Crippen molar-refractivity contribution in [1.29, 1.82) is 0 Å². The molecule has 6 heteroatoms. The van der Waals surface area contributed by atoms with Crippen LogP contribution in [0.25, 0.3) is 0 Å². The number of hydrogen-bond donors (Lipinski definition) is 0. The Labute approximate surface area is 146 Å². The van der Waals surface area contributed by atoms with E-state index >= 15 is 0 Å². The number of amides is 1. The van der Waals surface area contributed by atoms with Crippen LogP contribution in [0.3, 0.4) is 0 Å². The summed E-state index contributed by atoms with van der Waals surface area (Å²) < 4.78 is 10.8. The summed E-state index contributed by atoms with van der Waals surface area (Å²) in [5.41, 5.74) is 1.06. The Kier molecular flexibility index (Phi) is 5.11. The minimum atomic E-state index is -0.0388. The van der Waals surface area contributed by atoms with Crippen LogP contribution in [0.4, 0.5) is 0 Å². The minimum Gasteiger partial charge on any atom is -0.496 e. The van der Waals surface area contributed by atoms with Crippen LogP contribution in [-0.4, -0.2) is 49.0 Å². The normalized spacial score (nSPS) is 15.5. The number of piperazine rings is 1. The smallest absolute Gasteiger partial charge is 0.289 e. The van der Waals surface area contributed by atoms with E-state index in [4.69, 9.17) is 20.8 Å². The summed E-state index contributed by atoms with van der Waals surface area (Å²) in [6.45, 7) is 5.57. The zero-order valence-electron chi connectivity index (χ0n) is 13.9. The molecule has 1 aromatic carbocycles. The predicted molar refractivity (Wildman–Crippen MR) is 92.6 cm³/mol. The molecule has 5 nitrogen and oxygen atoms in total. The van der Waals surface area contributed by atoms with Gasteiger partial charge in [0, 0.05) is 43.3 Å². The molecular weight excluding hydrogens is 328 g/mol. The summed E-state index contributed by atoms with van der Waals surface area (Å²) in [5.74, 6) is 1.97. The van der Waals surface area contributed by atoms with E-state index < -0.39 is 0 Å². The fourth-order valence-corrected chi connectivity index (χ4v) is 3.12. The summed E-state index contributed by atoms with van der Waals surface area (Å²) in [7, 11) is 1.66. The monoisotopic (exact) mass is 348 g/mol. The van der Waals surface area contributed by atoms with Crippen molar-refractivity contribution in [3.05, 3.63) is 52.4 Å². The maximum Gasteiger partial charge on any atom is 0.289 e. The molecule has 24 heavy (non-hydrogen) atoms. The van der Waals surface area contributed by atoms with Gasteiger partial charge in [-0.05, 0) is 37.3 Å². The van der Waals surface area contributed by atoms with Gasteiger partial charge in [0.05, 0.1) is 7.11 Å². The molecule has 0 unspecified atom stereocenters. The fraction of sp³-hybridized carbons (Fsp3) is 0.389. The van der Waals surface area contributed by atoms with Crippen molar-refractivity contribution in [3.63, 3.8) is 0 Å². The first-order valence-electron chi connectivity index (χ1n) is 7.97. The van der Waals surface area contributed by atoms with Crippen LogP contribution in [0, 0.1) is 6.92 Å². The van der Waals surface area contributed by atoms with Crippen LogP contribution in [0.15, 0.2) is 34.7 Å². The number of rotatable bonds is 4. The van der Waals surface area contributed by atoms with Gasteiger partial charge in [0.15, 0.2) is 5.76 Å². The van der Waals surface area contributed by atoms with Gasteiger partial charge in [-0.1, -0.05) is 11.6 Å². The van der Waals surface area contributed by atoms with Crippen LogP contribution in [-0.2, 0) is 6.54 Å². The van der Waals surface area contributed by atoms with Crippen LogP contribution in [0.2, 0.25) is 5.02 Å². The topological polar surface area (TPSA) is 45.9 Å². The summed E-state index contributed by atoms with van der Waals surface area (Å²) in [6.07, 6.45) is 0. The molecule has 128 valence electrons. The molecule has 1 amide bonds. The molecule has 0 aliphatic carbocycles. The minimum absolute atomic E-state index is 0.0388. The lowest BCUT2D eigenvalue weighted by atomic mass is 10.1. The third kappa shape index (κ3) is 3.74. The highest BCUT2D eigenvalue weighted by molar-refractivity contribution is 6.30. The molecule has 1 aromatic heterocycles. The van der Waals surface area contributed by atoms with Gasteiger partial charge >= 0.3 is 0 Å². The average Bonchev–Trinajstić information content (AvgIpc) is 3.02. The lowest BCUT2D eigenvalue weighted by Gasteiger charge is -2.34. The largest absolute Gasteiger partial charge is 0.496 e. The zero-order chi connectivity index (χ0) is 17.1. The van der Waals surface area contributed by atoms with Crippen LogP contribution < -0.4 is 4.74 Å². The first kappa shape index (κ1) is 16.9. The van der Waals surface area contributed by atoms with Crippen LogP contribution in [0.1, 0.15) is 21.9 Å². The standard InChI is InChI=1S/C18H21ClN2O3/c1-13-3-5-17(24-13)18(22)21-9-7-20(8-10-21)12-14-11-15(19)4-6-16(14)23-2/h3-6,11H,7-10,12H2,1-2H3. The molecule has 0 radical (unpaired) electrons. The number of furan rings is 1. The number of methoxy groups -OCH3 is 1. The highest BCUT2D eigenvalue weighted by atomic mass is 35.5. The molecule has 0 bridgehead atoms. The second-order valence-electron chi connectivity index (χ2n) is 5.93. The van der Waals surface area contributed by atoms with Crippen LogP contribution >= 0.6 is 11.6 Å². The van der Waals surface area contributed by atoms with E-state index in [1.807, 2.05) is 36.1 Å². The highest BCUT2D eigenvalue weighted by Gasteiger charge is 2.24. The predicted octanol–water partition coefficient (Wildman–Crippen LogP) is 3.21. The van der Waals surface area contributed by atoms with Gasteiger partial charge < -0.3 is 14.1 Å². The van der Waals surface area contributed by atoms with Gasteiger partial charge in [-0.25, -0.2) is 0 Å². The Bertz CT molecular complexity index is 721. The van der Waals surface area contributed by atoms with Gasteiger partial charge in [0.2, 0.25) is 0 Å². The Hall–Kier alpha value is -1.98. The van der Waals surface area contributed by atoms with Gasteiger partial charge in [-0.2, -0.15) is 0 Å². The number of benzene rings is 1. The Morgan fingerprint density at radius 3 is 2.58 bits per heavy atom. The number of halogens is 1. The summed E-state index contributed by atoms with van der Waals surface area (Å²) >= 11 is 6.09. The number of ether oxygens (including phenoxy) is 1. The van der Waals surface area contributed by atoms with Crippen molar-refractivity contribution < 1.29 is 13.9 Å². The van der Waals surface area contributed by atoms with Crippen molar-refractivity contribution in [3.8, 4) is 5.75 Å². The van der Waals surface area contributed by atoms with E-state index in [9.17, 15) is 4.79 Å². The molecule has 0 saturated carbocycles. The maximum atomic E-state index is 12.4. The molecule has 2 aromatic rings. The first-order chi connectivity index (χ1) is 11.6. The lowest BCUT2D eigenvalue weighted by molar-refractivity contribution is 0.0595. The number of hydrogen-bond acceptors (Lipinski definition) is 4. The molecule has 2 heterocycles. The molecule has 0 spiro atoms. The molecule has 0 N–H and O–H groups in total. The highest BCUT2D eigenvalue weighted by Crippen LogP contribution is 2.24. The van der Waals surface area contributed by atoms with E-state index in [2.05, 4.69) is 4.90 Å². The van der Waals surface area contributed by atoms with Gasteiger partial charge in [-0.3, -0.25) is 9.69 Å². The van der Waals surface area contributed by atoms with Crippen LogP contribution in [0.5, 0.6) is 5.75 Å². The van der Waals surface area contributed by atoms with Gasteiger partial charge in [-0.15, -0.1) is 0 Å². The zero-order valence-corrected chi connectivity index (χ0v) is 14.7. The Morgan fingerprint density at radius 2 is 1.96 bits per heavy atom. The molecule has 1 fully saturated rings. The van der Waals surface area contributed by atoms with Crippen molar-refractivity contribution in [2.75, 3.05) is 33.3 Å². The third-order valence-electron chi connectivity index (χ3n) is 4.25. The van der Waals surface area contributed by atoms with Crippen molar-refractivity contribution in [2.45, 2.75) is 13.5 Å². The Morgan fingerprint density at radius 1 is 1.21 bits per heavy atom. The second-order valence-corrected chi connectivity index (χ2v) is 6.37. The molecular formula is C18H21ClN2O3. The summed E-state index contributed by atoms with van der Waals surface area (Å²) in [5, 5.41) is 0.702. The summed E-state index contributed by atoms with van der Waals surface area (Å²) in [4.78, 5) is 16.5. The van der Waals surface area contributed by atoms with Gasteiger partial charge in [0.25, 0.3) is 5.91 Å². The van der Waals surface area contributed by atoms with Crippen molar-refractivity contribution in [2.24, 2.45) is 0 Å². The first-order valence-corrected chi connectivity index (χ1v) is 8.35. The lowest BCUT2D eigenvalue weighted by Crippen LogP contribution is -2.48. The fourth-order valence-electron chi connectivity index (χ4n) is 2.93. The second kappa shape index (κ2) is 7.28. The maximum absolute atomic E-state index is 12.4. The molecule has 0 atom stereocenters. The Balaban J connectivity index is 1.59. The van der Waals surface area contributed by atoms with E-state index in [1.165, 1.54) is 0 Å². The van der Waals surface area contributed by atoms with Crippen molar-refractivity contribution >= 4 is 17.5 Å². The number of nitrogens with zero attached hydrogens (tertiary/aromatic N) is 2. The molecule has 1 saturated heterocycles. The SMILES string of the molecule is COc1ccc(Cl)cc1CN1CCN(C(=O)c2ccc(C)o2)CC1. The van der Waals surface area contributed by atoms with E-state index in [0.29, 0.717) is 23.9 Å². The van der Waals surface area contributed by atoms with Crippen molar-refractivity contribution in [1.82, 2.24) is 9.80 Å². The van der Waals surface area contributed by atoms with E-state index in [0.717, 1.165) is 36.7 Å². The van der Waals surface area contributed by atoms with E-state index in [1.54, 1.807) is 13.2 Å². The average molecular weight is 349 g/mol. The number of carbonyl (C=O) groups is 1. The molecule has 1 aliphatic rings. The molecule has 1 aliphatic heterocycles. The van der Waals surface area contributed by atoms with Gasteiger partial charge in [0.1, 0.15) is 11.5 Å². The third-order valence-corrected chi connectivity index (χ3v) is 4.48. The van der Waals surface area contributed by atoms with E-state index in [-0.39, 0.29) is 5.91 Å². The number of aryl methyl sites for hydroxylation is 1. The quantitative estimate of drug-likeness (QED) is 0.851. The molecule has 3 rings (SSSR count). The summed E-state index contributed by atoms with van der Waals surface area (Å²) in [6, 6.07) is 9.20.